The van der Waals surface area contributed by atoms with Crippen molar-refractivity contribution < 1.29 is 17.9 Å². The first-order chi connectivity index (χ1) is 16.3. The lowest BCUT2D eigenvalue weighted by Crippen LogP contribution is -2.46. The van der Waals surface area contributed by atoms with Crippen LogP contribution in [0.15, 0.2) is 60.7 Å². The fourth-order valence-electron chi connectivity index (χ4n) is 4.09. The Morgan fingerprint density at radius 3 is 2.62 bits per heavy atom. The van der Waals surface area contributed by atoms with Crippen LogP contribution in [0.1, 0.15) is 18.4 Å². The van der Waals surface area contributed by atoms with Gasteiger partial charge in [-0.2, -0.15) is 0 Å². The molecule has 3 aromatic carbocycles. The predicted molar refractivity (Wildman–Crippen MR) is 136 cm³/mol. The Kier molecular flexibility index (Phi) is 7.99. The summed E-state index contributed by atoms with van der Waals surface area (Å²) in [6, 6.07) is 18.7. The van der Waals surface area contributed by atoms with E-state index in [0.29, 0.717) is 48.1 Å². The number of hydrogen-bond donors (Lipinski definition) is 1. The number of hydrogen-bond acceptors (Lipinski definition) is 4. The van der Waals surface area contributed by atoms with Crippen LogP contribution in [-0.4, -0.2) is 44.9 Å². The van der Waals surface area contributed by atoms with Gasteiger partial charge in [-0.3, -0.25) is 4.79 Å². The maximum atomic E-state index is 12.9. The maximum Gasteiger partial charge on any atom is 0.224 e. The summed E-state index contributed by atoms with van der Waals surface area (Å²) in [7, 11) is -3.58. The average Bonchev–Trinajstić information content (AvgIpc) is 2.84. The highest BCUT2D eigenvalue weighted by molar-refractivity contribution is 7.88. The number of ether oxygens (including phenoxy) is 1. The standard InChI is InChI=1S/C25H26Cl2N2O4S/c26-23-10-7-18(14-24(23)27)17-34(31,32)29-12-3-6-21(16-29)25(30)28-11-13-33-22-9-8-19-4-1-2-5-20(19)15-22/h1-2,4-5,7-10,14-15,21H,3,6,11-13,16-17H2,(H,28,30)/t21-/m1/s1. The van der Waals surface area contributed by atoms with Crippen molar-refractivity contribution in [2.75, 3.05) is 26.2 Å². The molecule has 1 aliphatic rings. The first-order valence-electron chi connectivity index (χ1n) is 11.1. The molecule has 0 aromatic heterocycles. The quantitative estimate of drug-likeness (QED) is 0.429. The Morgan fingerprint density at radius 1 is 1.03 bits per heavy atom. The van der Waals surface area contributed by atoms with Gasteiger partial charge in [0, 0.05) is 13.1 Å². The molecule has 1 heterocycles. The molecule has 1 amide bonds. The van der Waals surface area contributed by atoms with Gasteiger partial charge in [0.15, 0.2) is 0 Å². The Balaban J connectivity index is 1.27. The largest absolute Gasteiger partial charge is 0.492 e. The molecule has 180 valence electrons. The van der Waals surface area contributed by atoms with E-state index in [1.165, 1.54) is 4.31 Å². The van der Waals surface area contributed by atoms with Crippen LogP contribution in [0.3, 0.4) is 0 Å². The minimum atomic E-state index is -3.58. The zero-order chi connectivity index (χ0) is 24.1. The SMILES string of the molecule is O=C(NCCOc1ccc2ccccc2c1)[C@@H]1CCCN(S(=O)(=O)Cc2ccc(Cl)c(Cl)c2)C1. The lowest BCUT2D eigenvalue weighted by atomic mass is 9.99. The molecule has 0 saturated carbocycles. The molecule has 1 atom stereocenters. The van der Waals surface area contributed by atoms with Gasteiger partial charge >= 0.3 is 0 Å². The van der Waals surface area contributed by atoms with Crippen molar-refractivity contribution in [3.63, 3.8) is 0 Å². The molecule has 6 nitrogen and oxygen atoms in total. The first kappa shape index (κ1) is 24.8. The number of amides is 1. The zero-order valence-electron chi connectivity index (χ0n) is 18.5. The normalized spacial score (nSPS) is 16.9. The van der Waals surface area contributed by atoms with Gasteiger partial charge in [-0.25, -0.2) is 12.7 Å². The van der Waals surface area contributed by atoms with Crippen LogP contribution in [-0.2, 0) is 20.6 Å². The van der Waals surface area contributed by atoms with Gasteiger partial charge in [-0.1, -0.05) is 59.6 Å². The molecule has 0 aliphatic carbocycles. The minimum absolute atomic E-state index is 0.156. The molecule has 1 fully saturated rings. The lowest BCUT2D eigenvalue weighted by molar-refractivity contribution is -0.126. The average molecular weight is 521 g/mol. The Labute approximate surface area is 209 Å². The van der Waals surface area contributed by atoms with E-state index in [9.17, 15) is 13.2 Å². The molecule has 0 unspecified atom stereocenters. The summed E-state index contributed by atoms with van der Waals surface area (Å²) in [6.07, 6.45) is 1.28. The smallest absolute Gasteiger partial charge is 0.224 e. The number of nitrogens with zero attached hydrogens (tertiary/aromatic N) is 1. The van der Waals surface area contributed by atoms with E-state index in [4.69, 9.17) is 27.9 Å². The van der Waals surface area contributed by atoms with Crippen LogP contribution >= 0.6 is 23.2 Å². The van der Waals surface area contributed by atoms with E-state index in [1.54, 1.807) is 18.2 Å². The van der Waals surface area contributed by atoms with Gasteiger partial charge in [-0.05, 0) is 53.4 Å². The van der Waals surface area contributed by atoms with Crippen LogP contribution in [0.5, 0.6) is 5.75 Å². The van der Waals surface area contributed by atoms with Crippen LogP contribution in [0, 0.1) is 5.92 Å². The predicted octanol–water partition coefficient (Wildman–Crippen LogP) is 4.88. The summed E-state index contributed by atoms with van der Waals surface area (Å²) in [5.74, 6) is 0.0115. The van der Waals surface area contributed by atoms with Gasteiger partial charge in [0.25, 0.3) is 0 Å². The van der Waals surface area contributed by atoms with Gasteiger partial charge in [0.05, 0.1) is 28.3 Å². The van der Waals surface area contributed by atoms with E-state index in [-0.39, 0.29) is 18.2 Å². The number of rotatable bonds is 8. The Hall–Kier alpha value is -2.32. The van der Waals surface area contributed by atoms with E-state index in [2.05, 4.69) is 5.32 Å². The van der Waals surface area contributed by atoms with E-state index in [0.717, 1.165) is 16.5 Å². The molecule has 9 heteroatoms. The fourth-order valence-corrected chi connectivity index (χ4v) is 6.00. The molecule has 1 aliphatic heterocycles. The number of sulfonamides is 1. The summed E-state index contributed by atoms with van der Waals surface area (Å²) < 4.78 is 33.0. The Morgan fingerprint density at radius 2 is 1.82 bits per heavy atom. The van der Waals surface area contributed by atoms with Crippen molar-refractivity contribution in [3.8, 4) is 5.75 Å². The number of piperidine rings is 1. The molecule has 1 N–H and O–H groups in total. The summed E-state index contributed by atoms with van der Waals surface area (Å²) in [5.41, 5.74) is 0.562. The molecule has 34 heavy (non-hydrogen) atoms. The molecular formula is C25H26Cl2N2O4S. The first-order valence-corrected chi connectivity index (χ1v) is 13.5. The van der Waals surface area contributed by atoms with Crippen molar-refractivity contribution in [1.29, 1.82) is 0 Å². The van der Waals surface area contributed by atoms with Gasteiger partial charge in [-0.15, -0.1) is 0 Å². The molecule has 3 aromatic rings. The third kappa shape index (κ3) is 6.21. The zero-order valence-corrected chi connectivity index (χ0v) is 20.9. The number of nitrogens with one attached hydrogen (secondary N) is 1. The van der Waals surface area contributed by atoms with Crippen molar-refractivity contribution in [1.82, 2.24) is 9.62 Å². The minimum Gasteiger partial charge on any atom is -0.492 e. The molecule has 0 radical (unpaired) electrons. The monoisotopic (exact) mass is 520 g/mol. The second kappa shape index (κ2) is 11.0. The number of halogens is 2. The van der Waals surface area contributed by atoms with E-state index < -0.39 is 15.9 Å². The summed E-state index contributed by atoms with van der Waals surface area (Å²) in [6.45, 7) is 1.24. The van der Waals surface area contributed by atoms with Crippen LogP contribution < -0.4 is 10.1 Å². The highest BCUT2D eigenvalue weighted by Gasteiger charge is 2.32. The Bertz CT molecular complexity index is 1280. The number of benzene rings is 3. The van der Waals surface area contributed by atoms with Gasteiger partial charge in [0.1, 0.15) is 12.4 Å². The summed E-state index contributed by atoms with van der Waals surface area (Å²) in [5, 5.41) is 5.80. The highest BCUT2D eigenvalue weighted by Crippen LogP contribution is 2.26. The summed E-state index contributed by atoms with van der Waals surface area (Å²) in [4.78, 5) is 12.7. The highest BCUT2D eigenvalue weighted by atomic mass is 35.5. The fraction of sp³-hybridized carbons (Fsp3) is 0.320. The van der Waals surface area contributed by atoms with Crippen LogP contribution in [0.4, 0.5) is 0 Å². The van der Waals surface area contributed by atoms with Crippen molar-refractivity contribution in [3.05, 3.63) is 76.3 Å². The molecule has 4 rings (SSSR count). The van der Waals surface area contributed by atoms with E-state index >= 15 is 0 Å². The van der Waals surface area contributed by atoms with E-state index in [1.807, 2.05) is 42.5 Å². The topological polar surface area (TPSA) is 75.7 Å². The number of carbonyl (C=O) groups is 1. The number of fused-ring (bicyclic) bond motifs is 1. The second-order valence-electron chi connectivity index (χ2n) is 8.35. The van der Waals surface area contributed by atoms with Crippen molar-refractivity contribution in [2.45, 2.75) is 18.6 Å². The van der Waals surface area contributed by atoms with Crippen LogP contribution in [0.25, 0.3) is 10.8 Å². The summed E-state index contributed by atoms with van der Waals surface area (Å²) >= 11 is 11.9. The molecule has 0 bridgehead atoms. The van der Waals surface area contributed by atoms with Crippen LogP contribution in [0.2, 0.25) is 10.0 Å². The third-order valence-corrected chi connectivity index (χ3v) is 8.43. The lowest BCUT2D eigenvalue weighted by Gasteiger charge is -2.31. The maximum absolute atomic E-state index is 12.9. The molecule has 1 saturated heterocycles. The number of carbonyl (C=O) groups excluding carboxylic acids is 1. The van der Waals surface area contributed by atoms with Crippen molar-refractivity contribution >= 4 is 49.9 Å². The van der Waals surface area contributed by atoms with Gasteiger partial charge < -0.3 is 10.1 Å². The molecular weight excluding hydrogens is 495 g/mol. The second-order valence-corrected chi connectivity index (χ2v) is 11.1. The molecule has 0 spiro atoms. The third-order valence-electron chi connectivity index (χ3n) is 5.87. The van der Waals surface area contributed by atoms with Crippen molar-refractivity contribution in [2.24, 2.45) is 5.92 Å². The van der Waals surface area contributed by atoms with Gasteiger partial charge in [0.2, 0.25) is 15.9 Å².